The van der Waals surface area contributed by atoms with Crippen LogP contribution >= 0.6 is 0 Å². The fourth-order valence-electron chi connectivity index (χ4n) is 3.40. The van der Waals surface area contributed by atoms with Crippen LogP contribution in [0.4, 0.5) is 5.69 Å². The summed E-state index contributed by atoms with van der Waals surface area (Å²) < 4.78 is 0. The summed E-state index contributed by atoms with van der Waals surface area (Å²) in [5.41, 5.74) is 4.05. The second kappa shape index (κ2) is 9.23. The van der Waals surface area contributed by atoms with E-state index < -0.39 is 0 Å². The number of nitrogens with one attached hydrogen (secondary N) is 1. The van der Waals surface area contributed by atoms with E-state index in [1.54, 1.807) is 0 Å². The second-order valence-electron chi connectivity index (χ2n) is 7.92. The molecular formula is C21H35N3O. The van der Waals surface area contributed by atoms with Crippen LogP contribution in [0.1, 0.15) is 44.7 Å². The molecular weight excluding hydrogens is 310 g/mol. The summed E-state index contributed by atoms with van der Waals surface area (Å²) in [7, 11) is 0. The molecule has 2 rings (SSSR count). The van der Waals surface area contributed by atoms with Crippen molar-refractivity contribution in [1.29, 1.82) is 0 Å². The van der Waals surface area contributed by atoms with E-state index in [0.29, 0.717) is 12.5 Å². The number of hydrogen-bond donors (Lipinski definition) is 1. The Hall–Kier alpha value is -1.55. The summed E-state index contributed by atoms with van der Waals surface area (Å²) in [5, 5.41) is 3.15. The van der Waals surface area contributed by atoms with Crippen molar-refractivity contribution in [2.45, 2.75) is 53.5 Å². The van der Waals surface area contributed by atoms with E-state index in [-0.39, 0.29) is 11.9 Å². The minimum Gasteiger partial charge on any atom is -0.369 e. The van der Waals surface area contributed by atoms with Crippen LogP contribution in [0.2, 0.25) is 0 Å². The van der Waals surface area contributed by atoms with E-state index in [1.807, 2.05) is 0 Å². The molecule has 1 fully saturated rings. The maximum Gasteiger partial charge on any atom is 0.234 e. The van der Waals surface area contributed by atoms with Crippen LogP contribution in [0, 0.1) is 19.8 Å². The molecule has 1 saturated heterocycles. The molecule has 1 N–H and O–H groups in total. The third-order valence-corrected chi connectivity index (χ3v) is 5.24. The van der Waals surface area contributed by atoms with Gasteiger partial charge in [0.25, 0.3) is 0 Å². The highest BCUT2D eigenvalue weighted by Crippen LogP contribution is 2.23. The maximum absolute atomic E-state index is 12.3. The van der Waals surface area contributed by atoms with Crippen molar-refractivity contribution in [1.82, 2.24) is 10.2 Å². The Labute approximate surface area is 153 Å². The van der Waals surface area contributed by atoms with Crippen LogP contribution in [0.3, 0.4) is 0 Å². The highest BCUT2D eigenvalue weighted by Gasteiger charge is 2.21. The summed E-state index contributed by atoms with van der Waals surface area (Å²) in [6, 6.07) is 6.78. The quantitative estimate of drug-likeness (QED) is 0.823. The van der Waals surface area contributed by atoms with Crippen LogP contribution in [-0.4, -0.2) is 49.6 Å². The number of hydrogen-bond acceptors (Lipinski definition) is 3. The lowest BCUT2D eigenvalue weighted by atomic mass is 10.0. The minimum absolute atomic E-state index is 0.163. The van der Waals surface area contributed by atoms with Gasteiger partial charge in [0.2, 0.25) is 5.91 Å². The Balaban J connectivity index is 1.76. The highest BCUT2D eigenvalue weighted by atomic mass is 16.2. The predicted molar refractivity (Wildman–Crippen MR) is 106 cm³/mol. The molecule has 4 nitrogen and oxygen atoms in total. The van der Waals surface area contributed by atoms with E-state index in [9.17, 15) is 4.79 Å². The number of anilines is 1. The van der Waals surface area contributed by atoms with Crippen LogP contribution in [0.25, 0.3) is 0 Å². The molecule has 0 unspecified atom stereocenters. The average molecular weight is 346 g/mol. The van der Waals surface area contributed by atoms with E-state index in [2.05, 4.69) is 67.9 Å². The zero-order valence-corrected chi connectivity index (χ0v) is 16.6. The van der Waals surface area contributed by atoms with Crippen LogP contribution in [-0.2, 0) is 4.79 Å². The molecule has 1 heterocycles. The van der Waals surface area contributed by atoms with Crippen molar-refractivity contribution >= 4 is 11.6 Å². The third-order valence-electron chi connectivity index (χ3n) is 5.24. The number of piperazine rings is 1. The van der Waals surface area contributed by atoms with Gasteiger partial charge >= 0.3 is 0 Å². The lowest BCUT2D eigenvalue weighted by Crippen LogP contribution is -2.50. The van der Waals surface area contributed by atoms with Gasteiger partial charge in [-0.3, -0.25) is 9.69 Å². The molecule has 0 saturated carbocycles. The molecule has 1 aliphatic heterocycles. The average Bonchev–Trinajstić information content (AvgIpc) is 2.56. The molecule has 1 aromatic carbocycles. The minimum atomic E-state index is 0.163. The van der Waals surface area contributed by atoms with Crippen molar-refractivity contribution < 1.29 is 4.79 Å². The molecule has 0 spiro atoms. The maximum atomic E-state index is 12.3. The number of aryl methyl sites for hydroxylation is 1. The zero-order valence-electron chi connectivity index (χ0n) is 16.6. The van der Waals surface area contributed by atoms with Gasteiger partial charge in [-0.2, -0.15) is 0 Å². The van der Waals surface area contributed by atoms with Gasteiger partial charge in [0.15, 0.2) is 0 Å². The van der Waals surface area contributed by atoms with Crippen molar-refractivity contribution in [3.63, 3.8) is 0 Å². The van der Waals surface area contributed by atoms with Gasteiger partial charge in [-0.25, -0.2) is 0 Å². The SMILES string of the molecule is Cc1cccc(N2CCN(CC(=O)N[C@@H](C)CCC(C)C)CC2)c1C. The van der Waals surface area contributed by atoms with Gasteiger partial charge in [-0.05, 0) is 56.7 Å². The first-order chi connectivity index (χ1) is 11.9. The standard InChI is InChI=1S/C21H35N3O/c1-16(2)9-10-18(4)22-21(25)15-23-11-13-24(14-12-23)20-8-6-7-17(3)19(20)5/h6-8,16,18H,9-15H2,1-5H3,(H,22,25)/t18-/m0/s1. The van der Waals surface area contributed by atoms with Crippen molar-refractivity contribution in [3.8, 4) is 0 Å². The van der Waals surface area contributed by atoms with E-state index in [1.165, 1.54) is 16.8 Å². The van der Waals surface area contributed by atoms with E-state index in [4.69, 9.17) is 0 Å². The highest BCUT2D eigenvalue weighted by molar-refractivity contribution is 5.78. The van der Waals surface area contributed by atoms with E-state index in [0.717, 1.165) is 39.0 Å². The van der Waals surface area contributed by atoms with Gasteiger partial charge in [0.05, 0.1) is 6.54 Å². The monoisotopic (exact) mass is 345 g/mol. The number of carbonyl (C=O) groups excluding carboxylic acids is 1. The number of amides is 1. The molecule has 25 heavy (non-hydrogen) atoms. The smallest absolute Gasteiger partial charge is 0.234 e. The summed E-state index contributed by atoms with van der Waals surface area (Å²) in [6.07, 6.45) is 2.22. The molecule has 4 heteroatoms. The molecule has 0 bridgehead atoms. The Morgan fingerprint density at radius 1 is 1.08 bits per heavy atom. The van der Waals surface area contributed by atoms with Crippen LogP contribution < -0.4 is 10.2 Å². The molecule has 1 aromatic rings. The number of nitrogens with zero attached hydrogens (tertiary/aromatic N) is 2. The largest absolute Gasteiger partial charge is 0.369 e. The van der Waals surface area contributed by atoms with Crippen molar-refractivity contribution in [2.75, 3.05) is 37.6 Å². The molecule has 1 aliphatic rings. The van der Waals surface area contributed by atoms with Gasteiger partial charge in [0, 0.05) is 37.9 Å². The third kappa shape index (κ3) is 6.03. The normalized spacial score (nSPS) is 17.0. The van der Waals surface area contributed by atoms with Crippen LogP contribution in [0.5, 0.6) is 0 Å². The Morgan fingerprint density at radius 2 is 1.76 bits per heavy atom. The number of rotatable bonds is 7. The van der Waals surface area contributed by atoms with Crippen LogP contribution in [0.15, 0.2) is 18.2 Å². The number of benzene rings is 1. The van der Waals surface area contributed by atoms with Gasteiger partial charge in [0.1, 0.15) is 0 Å². The topological polar surface area (TPSA) is 35.6 Å². The van der Waals surface area contributed by atoms with Crippen molar-refractivity contribution in [2.24, 2.45) is 5.92 Å². The molecule has 140 valence electrons. The Morgan fingerprint density at radius 3 is 2.40 bits per heavy atom. The lowest BCUT2D eigenvalue weighted by Gasteiger charge is -2.36. The summed E-state index contributed by atoms with van der Waals surface area (Å²) >= 11 is 0. The Bertz CT molecular complexity index is 562. The van der Waals surface area contributed by atoms with E-state index >= 15 is 0 Å². The molecule has 0 radical (unpaired) electrons. The summed E-state index contributed by atoms with van der Waals surface area (Å²) in [6.45, 7) is 15.3. The predicted octanol–water partition coefficient (Wildman–Crippen LogP) is 3.37. The summed E-state index contributed by atoms with van der Waals surface area (Å²) in [4.78, 5) is 17.0. The van der Waals surface area contributed by atoms with Gasteiger partial charge < -0.3 is 10.2 Å². The molecule has 0 aliphatic carbocycles. The van der Waals surface area contributed by atoms with Crippen molar-refractivity contribution in [3.05, 3.63) is 29.3 Å². The fraction of sp³-hybridized carbons (Fsp3) is 0.667. The number of carbonyl (C=O) groups is 1. The van der Waals surface area contributed by atoms with Gasteiger partial charge in [-0.1, -0.05) is 26.0 Å². The molecule has 0 aromatic heterocycles. The fourth-order valence-corrected chi connectivity index (χ4v) is 3.40. The molecule has 1 atom stereocenters. The molecule has 1 amide bonds. The zero-order chi connectivity index (χ0) is 18.4. The lowest BCUT2D eigenvalue weighted by molar-refractivity contribution is -0.123. The second-order valence-corrected chi connectivity index (χ2v) is 7.92. The van der Waals surface area contributed by atoms with Gasteiger partial charge in [-0.15, -0.1) is 0 Å². The Kier molecular flexibility index (Phi) is 7.30. The first-order valence-corrected chi connectivity index (χ1v) is 9.69. The first-order valence-electron chi connectivity index (χ1n) is 9.69. The first kappa shape index (κ1) is 19.8. The summed E-state index contributed by atoms with van der Waals surface area (Å²) in [5.74, 6) is 0.856.